The Labute approximate surface area is 102 Å². The van der Waals surface area contributed by atoms with Crippen LogP contribution in [0.2, 0.25) is 0 Å². The van der Waals surface area contributed by atoms with Gasteiger partial charge < -0.3 is 14.4 Å². The molecule has 0 saturated heterocycles. The van der Waals surface area contributed by atoms with Crippen LogP contribution in [0.3, 0.4) is 0 Å². The zero-order chi connectivity index (χ0) is 13.4. The van der Waals surface area contributed by atoms with E-state index in [9.17, 15) is 9.59 Å². The molecule has 0 spiro atoms. The van der Waals surface area contributed by atoms with Crippen molar-refractivity contribution < 1.29 is 19.1 Å². The Morgan fingerprint density at radius 1 is 1.18 bits per heavy atom. The smallest absolute Gasteiger partial charge is 0.320 e. The topological polar surface area (TPSA) is 55.8 Å². The van der Waals surface area contributed by atoms with Gasteiger partial charge in [-0.15, -0.1) is 0 Å². The molecule has 0 rings (SSSR count). The van der Waals surface area contributed by atoms with E-state index in [1.807, 2.05) is 32.0 Å². The molecule has 0 aromatic rings. The molecule has 17 heavy (non-hydrogen) atoms. The standard InChI is InChI=1S/C12H21NO4/c1-9(13(2)3)7-6-8-10(11(14)16-4)12(15)17-5/h6-7,9-10H,8H2,1-5H3/b7-6+. The molecule has 0 fully saturated rings. The van der Waals surface area contributed by atoms with Crippen molar-refractivity contribution in [2.75, 3.05) is 28.3 Å². The molecule has 0 aliphatic heterocycles. The zero-order valence-corrected chi connectivity index (χ0v) is 11.1. The molecule has 0 aromatic carbocycles. The van der Waals surface area contributed by atoms with E-state index in [4.69, 9.17) is 0 Å². The highest BCUT2D eigenvalue weighted by atomic mass is 16.5. The van der Waals surface area contributed by atoms with Crippen molar-refractivity contribution in [3.63, 3.8) is 0 Å². The second-order valence-corrected chi connectivity index (χ2v) is 3.97. The van der Waals surface area contributed by atoms with E-state index in [0.717, 1.165) is 0 Å². The molecular weight excluding hydrogens is 222 g/mol. The molecule has 0 bridgehead atoms. The van der Waals surface area contributed by atoms with Gasteiger partial charge in [-0.1, -0.05) is 12.2 Å². The van der Waals surface area contributed by atoms with E-state index < -0.39 is 17.9 Å². The van der Waals surface area contributed by atoms with Gasteiger partial charge in [0.25, 0.3) is 0 Å². The highest BCUT2D eigenvalue weighted by Crippen LogP contribution is 2.09. The number of hydrogen-bond donors (Lipinski definition) is 0. The van der Waals surface area contributed by atoms with Gasteiger partial charge in [-0.25, -0.2) is 0 Å². The molecule has 0 saturated carbocycles. The van der Waals surface area contributed by atoms with Crippen molar-refractivity contribution in [2.24, 2.45) is 5.92 Å². The third-order valence-corrected chi connectivity index (χ3v) is 2.57. The van der Waals surface area contributed by atoms with E-state index in [1.165, 1.54) is 14.2 Å². The lowest BCUT2D eigenvalue weighted by Crippen LogP contribution is -2.26. The first kappa shape index (κ1) is 15.6. The van der Waals surface area contributed by atoms with Crippen molar-refractivity contribution in [1.29, 1.82) is 0 Å². The number of ether oxygens (including phenoxy) is 2. The Kier molecular flexibility index (Phi) is 7.21. The van der Waals surface area contributed by atoms with Gasteiger partial charge in [-0.2, -0.15) is 0 Å². The maximum Gasteiger partial charge on any atom is 0.320 e. The molecule has 0 aliphatic carbocycles. The van der Waals surface area contributed by atoms with Crippen molar-refractivity contribution >= 4 is 11.9 Å². The summed E-state index contributed by atoms with van der Waals surface area (Å²) in [4.78, 5) is 24.7. The number of nitrogens with zero attached hydrogens (tertiary/aromatic N) is 1. The minimum Gasteiger partial charge on any atom is -0.468 e. The molecule has 0 aliphatic rings. The number of carbonyl (C=O) groups is 2. The van der Waals surface area contributed by atoms with Crippen LogP contribution in [-0.2, 0) is 19.1 Å². The fourth-order valence-corrected chi connectivity index (χ4v) is 1.16. The minimum atomic E-state index is -0.879. The van der Waals surface area contributed by atoms with Crippen LogP contribution in [-0.4, -0.2) is 51.2 Å². The first-order chi connectivity index (χ1) is 7.93. The number of esters is 2. The molecule has 98 valence electrons. The number of methoxy groups -OCH3 is 2. The van der Waals surface area contributed by atoms with Gasteiger partial charge >= 0.3 is 11.9 Å². The highest BCUT2D eigenvalue weighted by molar-refractivity contribution is 5.94. The maximum absolute atomic E-state index is 11.4. The number of likely N-dealkylation sites (N-methyl/N-ethyl adjacent to an activating group) is 1. The van der Waals surface area contributed by atoms with Gasteiger partial charge in [-0.3, -0.25) is 9.59 Å². The summed E-state index contributed by atoms with van der Waals surface area (Å²) in [6.45, 7) is 2.02. The number of allylic oxidation sites excluding steroid dienone is 1. The quantitative estimate of drug-likeness (QED) is 0.393. The van der Waals surface area contributed by atoms with Crippen molar-refractivity contribution in [2.45, 2.75) is 19.4 Å². The average molecular weight is 243 g/mol. The predicted octanol–water partition coefficient (Wildman–Crippen LogP) is 0.845. The van der Waals surface area contributed by atoms with Crippen LogP contribution in [0.4, 0.5) is 0 Å². The molecule has 0 amide bonds. The monoisotopic (exact) mass is 243 g/mol. The summed E-state index contributed by atoms with van der Waals surface area (Å²) in [6.07, 6.45) is 4.01. The van der Waals surface area contributed by atoms with Gasteiger partial charge in [0.2, 0.25) is 0 Å². The SMILES string of the molecule is COC(=O)C(C/C=C/C(C)N(C)C)C(=O)OC. The lowest BCUT2D eigenvalue weighted by atomic mass is 10.1. The van der Waals surface area contributed by atoms with Crippen LogP contribution in [0.5, 0.6) is 0 Å². The summed E-state index contributed by atoms with van der Waals surface area (Å²) < 4.78 is 9.11. The van der Waals surface area contributed by atoms with Crippen molar-refractivity contribution in [3.05, 3.63) is 12.2 Å². The van der Waals surface area contributed by atoms with Gasteiger partial charge in [0.15, 0.2) is 5.92 Å². The highest BCUT2D eigenvalue weighted by Gasteiger charge is 2.27. The van der Waals surface area contributed by atoms with Crippen LogP contribution in [0, 0.1) is 5.92 Å². The van der Waals surface area contributed by atoms with Gasteiger partial charge in [0.05, 0.1) is 14.2 Å². The molecular formula is C12H21NO4. The van der Waals surface area contributed by atoms with E-state index in [2.05, 4.69) is 9.47 Å². The largest absolute Gasteiger partial charge is 0.468 e. The minimum absolute atomic E-state index is 0.242. The third-order valence-electron chi connectivity index (χ3n) is 2.57. The second kappa shape index (κ2) is 7.84. The molecule has 5 heteroatoms. The summed E-state index contributed by atoms with van der Waals surface area (Å²) in [5, 5.41) is 0. The number of carbonyl (C=O) groups excluding carboxylic acids is 2. The molecule has 0 radical (unpaired) electrons. The van der Waals surface area contributed by atoms with E-state index in [0.29, 0.717) is 0 Å². The lowest BCUT2D eigenvalue weighted by molar-refractivity contribution is -0.158. The molecule has 1 atom stereocenters. The first-order valence-corrected chi connectivity index (χ1v) is 5.42. The summed E-state index contributed by atoms with van der Waals surface area (Å²) in [5.74, 6) is -2.02. The first-order valence-electron chi connectivity index (χ1n) is 5.42. The Balaban J connectivity index is 4.46. The Hall–Kier alpha value is -1.36. The maximum atomic E-state index is 11.4. The van der Waals surface area contributed by atoms with Crippen LogP contribution < -0.4 is 0 Å². The Bertz CT molecular complexity index is 270. The summed E-state index contributed by atoms with van der Waals surface area (Å²) in [5.41, 5.74) is 0. The van der Waals surface area contributed by atoms with Crippen LogP contribution in [0.1, 0.15) is 13.3 Å². The third kappa shape index (κ3) is 5.49. The van der Waals surface area contributed by atoms with Crippen molar-refractivity contribution in [3.8, 4) is 0 Å². The second-order valence-electron chi connectivity index (χ2n) is 3.97. The molecule has 5 nitrogen and oxygen atoms in total. The fourth-order valence-electron chi connectivity index (χ4n) is 1.16. The number of hydrogen-bond acceptors (Lipinski definition) is 5. The average Bonchev–Trinajstić information content (AvgIpc) is 2.32. The Morgan fingerprint density at radius 2 is 1.65 bits per heavy atom. The number of rotatable bonds is 6. The van der Waals surface area contributed by atoms with Crippen LogP contribution in [0.15, 0.2) is 12.2 Å². The van der Waals surface area contributed by atoms with Gasteiger partial charge in [0.1, 0.15) is 0 Å². The molecule has 0 heterocycles. The zero-order valence-electron chi connectivity index (χ0n) is 11.1. The normalized spacial score (nSPS) is 13.1. The van der Waals surface area contributed by atoms with E-state index in [-0.39, 0.29) is 12.5 Å². The van der Waals surface area contributed by atoms with Crippen molar-refractivity contribution in [1.82, 2.24) is 4.90 Å². The fraction of sp³-hybridized carbons (Fsp3) is 0.667. The van der Waals surface area contributed by atoms with E-state index >= 15 is 0 Å². The molecule has 0 N–H and O–H groups in total. The molecule has 1 unspecified atom stereocenters. The van der Waals surface area contributed by atoms with Gasteiger partial charge in [-0.05, 0) is 27.4 Å². The van der Waals surface area contributed by atoms with Crippen LogP contribution in [0.25, 0.3) is 0 Å². The molecule has 0 aromatic heterocycles. The predicted molar refractivity (Wildman–Crippen MR) is 64.4 cm³/mol. The lowest BCUT2D eigenvalue weighted by Gasteiger charge is -2.15. The van der Waals surface area contributed by atoms with Crippen LogP contribution >= 0.6 is 0 Å². The summed E-state index contributed by atoms with van der Waals surface area (Å²) in [6, 6.07) is 0.242. The van der Waals surface area contributed by atoms with Gasteiger partial charge in [0, 0.05) is 6.04 Å². The summed E-state index contributed by atoms with van der Waals surface area (Å²) in [7, 11) is 6.41. The summed E-state index contributed by atoms with van der Waals surface area (Å²) >= 11 is 0. The van der Waals surface area contributed by atoms with E-state index in [1.54, 1.807) is 6.08 Å². The Morgan fingerprint density at radius 3 is 2.00 bits per heavy atom.